The van der Waals surface area contributed by atoms with Crippen molar-refractivity contribution in [3.63, 3.8) is 0 Å². The third-order valence-corrected chi connectivity index (χ3v) is 6.13. The Hall–Kier alpha value is -3.20. The lowest BCUT2D eigenvalue weighted by Crippen LogP contribution is -2.49. The lowest BCUT2D eigenvalue weighted by Gasteiger charge is -2.37. The summed E-state index contributed by atoms with van der Waals surface area (Å²) < 4.78 is 1.44. The molecule has 4 heterocycles. The number of nitrogens with zero attached hydrogens (tertiary/aromatic N) is 4. The van der Waals surface area contributed by atoms with E-state index in [9.17, 15) is 19.5 Å². The van der Waals surface area contributed by atoms with E-state index >= 15 is 0 Å². The summed E-state index contributed by atoms with van der Waals surface area (Å²) >= 11 is 1.40. The van der Waals surface area contributed by atoms with E-state index in [-0.39, 0.29) is 11.5 Å². The number of carbonyl (C=O) groups excluding carboxylic acids is 1. The molecular formula is C21H22N4O4S. The van der Waals surface area contributed by atoms with Gasteiger partial charge in [0.25, 0.3) is 11.5 Å². The average Bonchev–Trinajstić information content (AvgIpc) is 3.29. The van der Waals surface area contributed by atoms with Crippen molar-refractivity contribution >= 4 is 39.9 Å². The average molecular weight is 426 g/mol. The molecule has 0 unspecified atom stereocenters. The molecule has 1 aliphatic heterocycles. The van der Waals surface area contributed by atoms with Gasteiger partial charge in [-0.2, -0.15) is 0 Å². The maximum absolute atomic E-state index is 13.1. The lowest BCUT2D eigenvalue weighted by atomic mass is 10.1. The van der Waals surface area contributed by atoms with Crippen molar-refractivity contribution in [1.82, 2.24) is 14.5 Å². The minimum atomic E-state index is -1.25. The third kappa shape index (κ3) is 3.45. The second-order valence-electron chi connectivity index (χ2n) is 7.12. The molecule has 0 bridgehead atoms. The molecule has 0 radical (unpaired) electrons. The van der Waals surface area contributed by atoms with Gasteiger partial charge in [-0.15, -0.1) is 11.3 Å². The van der Waals surface area contributed by atoms with Gasteiger partial charge >= 0.3 is 5.97 Å². The number of hydrogen-bond donors (Lipinski definition) is 1. The second-order valence-corrected chi connectivity index (χ2v) is 8.06. The van der Waals surface area contributed by atoms with Crippen LogP contribution in [0.5, 0.6) is 0 Å². The number of amides is 1. The topological polar surface area (TPSA) is 95.7 Å². The molecule has 0 spiro atoms. The van der Waals surface area contributed by atoms with Crippen molar-refractivity contribution in [3.8, 4) is 0 Å². The Morgan fingerprint density at radius 1 is 1.17 bits per heavy atom. The number of aromatic nitrogens is 2. The largest absolute Gasteiger partial charge is 0.477 e. The maximum Gasteiger partial charge on any atom is 0.343 e. The van der Waals surface area contributed by atoms with Crippen molar-refractivity contribution in [2.24, 2.45) is 0 Å². The number of carboxylic acids is 1. The van der Waals surface area contributed by atoms with Crippen molar-refractivity contribution in [3.05, 3.63) is 56.6 Å². The van der Waals surface area contributed by atoms with E-state index in [4.69, 9.17) is 0 Å². The molecule has 0 aliphatic carbocycles. The molecule has 1 saturated heterocycles. The molecule has 1 N–H and O–H groups in total. The molecule has 9 heteroatoms. The number of piperazine rings is 1. The van der Waals surface area contributed by atoms with Crippen molar-refractivity contribution in [1.29, 1.82) is 0 Å². The molecule has 4 rings (SSSR count). The molecule has 0 saturated carbocycles. The summed E-state index contributed by atoms with van der Waals surface area (Å²) in [4.78, 5) is 46.5. The van der Waals surface area contributed by atoms with Gasteiger partial charge in [-0.1, -0.05) is 13.0 Å². The Morgan fingerprint density at radius 3 is 2.57 bits per heavy atom. The zero-order valence-corrected chi connectivity index (χ0v) is 17.4. The van der Waals surface area contributed by atoms with Gasteiger partial charge in [-0.25, -0.2) is 9.78 Å². The van der Waals surface area contributed by atoms with E-state index in [0.29, 0.717) is 60.7 Å². The van der Waals surface area contributed by atoms with Crippen molar-refractivity contribution in [2.75, 3.05) is 31.1 Å². The molecule has 0 aromatic carbocycles. The van der Waals surface area contributed by atoms with Crippen LogP contribution in [0.25, 0.3) is 11.0 Å². The van der Waals surface area contributed by atoms with Gasteiger partial charge in [0.05, 0.1) is 10.6 Å². The fraction of sp³-hybridized carbons (Fsp3) is 0.333. The number of rotatable bonds is 5. The van der Waals surface area contributed by atoms with Gasteiger partial charge in [0.2, 0.25) is 0 Å². The lowest BCUT2D eigenvalue weighted by molar-refractivity contribution is 0.0691. The van der Waals surface area contributed by atoms with Crippen LogP contribution in [0.3, 0.4) is 0 Å². The fourth-order valence-corrected chi connectivity index (χ4v) is 4.60. The van der Waals surface area contributed by atoms with Gasteiger partial charge in [0.1, 0.15) is 11.2 Å². The zero-order valence-electron chi connectivity index (χ0n) is 16.6. The Bertz CT molecular complexity index is 1150. The highest BCUT2D eigenvalue weighted by molar-refractivity contribution is 7.12. The quantitative estimate of drug-likeness (QED) is 0.674. The predicted molar refractivity (Wildman–Crippen MR) is 116 cm³/mol. The molecule has 1 fully saturated rings. The number of aromatic carboxylic acids is 1. The highest BCUT2D eigenvalue weighted by Gasteiger charge is 2.29. The van der Waals surface area contributed by atoms with Crippen molar-refractivity contribution in [2.45, 2.75) is 19.9 Å². The van der Waals surface area contributed by atoms with E-state index in [2.05, 4.69) is 4.98 Å². The van der Waals surface area contributed by atoms with E-state index in [0.717, 1.165) is 0 Å². The first-order chi connectivity index (χ1) is 14.5. The van der Waals surface area contributed by atoms with E-state index in [1.165, 1.54) is 15.9 Å². The molecule has 0 atom stereocenters. The van der Waals surface area contributed by atoms with Gasteiger partial charge < -0.3 is 14.9 Å². The highest BCUT2D eigenvalue weighted by Crippen LogP contribution is 2.29. The number of hydrogen-bond acceptors (Lipinski definition) is 6. The van der Waals surface area contributed by atoms with Crippen LogP contribution in [0, 0.1) is 0 Å². The Balaban J connectivity index is 1.73. The SMILES string of the molecule is CCCn1c(=O)c(C(=O)O)c(N2CCN(C(=O)c3cccs3)CC2)c2cccnc21. The molecule has 3 aromatic rings. The van der Waals surface area contributed by atoms with Gasteiger partial charge in [0.15, 0.2) is 0 Å². The van der Waals surface area contributed by atoms with Crippen molar-refractivity contribution < 1.29 is 14.7 Å². The monoisotopic (exact) mass is 426 g/mol. The fourth-order valence-electron chi connectivity index (χ4n) is 3.91. The van der Waals surface area contributed by atoms with Gasteiger partial charge in [-0.3, -0.25) is 14.2 Å². The van der Waals surface area contributed by atoms with E-state index in [1.54, 1.807) is 29.3 Å². The first-order valence-corrected chi connectivity index (χ1v) is 10.7. The minimum Gasteiger partial charge on any atom is -0.477 e. The van der Waals surface area contributed by atoms with Gasteiger partial charge in [-0.05, 0) is 30.0 Å². The molecular weight excluding hydrogens is 404 g/mol. The van der Waals surface area contributed by atoms with Crippen LogP contribution in [0.2, 0.25) is 0 Å². The van der Waals surface area contributed by atoms with E-state index in [1.807, 2.05) is 23.3 Å². The Labute approximate surface area is 177 Å². The van der Waals surface area contributed by atoms with Crippen LogP contribution in [0.1, 0.15) is 33.4 Å². The number of pyridine rings is 2. The molecule has 3 aromatic heterocycles. The van der Waals surface area contributed by atoms with E-state index < -0.39 is 11.5 Å². The maximum atomic E-state index is 13.1. The molecule has 30 heavy (non-hydrogen) atoms. The number of carbonyl (C=O) groups is 2. The predicted octanol–water partition coefficient (Wildman–Crippen LogP) is 2.53. The number of aryl methyl sites for hydroxylation is 1. The van der Waals surface area contributed by atoms with Crippen LogP contribution >= 0.6 is 11.3 Å². The number of thiophene rings is 1. The first-order valence-electron chi connectivity index (χ1n) is 9.85. The molecule has 156 valence electrons. The van der Waals surface area contributed by atoms with Crippen LogP contribution in [-0.2, 0) is 6.54 Å². The molecule has 8 nitrogen and oxygen atoms in total. The third-order valence-electron chi connectivity index (χ3n) is 5.27. The summed E-state index contributed by atoms with van der Waals surface area (Å²) in [5.41, 5.74) is 0.109. The second kappa shape index (κ2) is 8.27. The zero-order chi connectivity index (χ0) is 21.3. The summed E-state index contributed by atoms with van der Waals surface area (Å²) in [6, 6.07) is 7.19. The minimum absolute atomic E-state index is 0.0204. The summed E-state index contributed by atoms with van der Waals surface area (Å²) in [7, 11) is 0. The van der Waals surface area contributed by atoms with Crippen LogP contribution in [0.15, 0.2) is 40.6 Å². The molecule has 1 aliphatic rings. The summed E-state index contributed by atoms with van der Waals surface area (Å²) in [6.07, 6.45) is 2.29. The van der Waals surface area contributed by atoms with Gasteiger partial charge in [0, 0.05) is 44.3 Å². The van der Waals surface area contributed by atoms with Crippen LogP contribution in [-0.4, -0.2) is 57.6 Å². The Morgan fingerprint density at radius 2 is 1.93 bits per heavy atom. The first kappa shape index (κ1) is 20.1. The number of anilines is 1. The number of fused-ring (bicyclic) bond motifs is 1. The summed E-state index contributed by atoms with van der Waals surface area (Å²) in [5, 5.41) is 12.4. The number of carboxylic acid groups (broad SMARTS) is 1. The summed E-state index contributed by atoms with van der Waals surface area (Å²) in [6.45, 7) is 4.12. The van der Waals surface area contributed by atoms with Crippen LogP contribution in [0.4, 0.5) is 5.69 Å². The van der Waals surface area contributed by atoms with Crippen LogP contribution < -0.4 is 10.5 Å². The summed E-state index contributed by atoms with van der Waals surface area (Å²) in [5.74, 6) is -1.27. The smallest absolute Gasteiger partial charge is 0.343 e. The molecule has 1 amide bonds. The standard InChI is InChI=1S/C21H22N4O4S/c1-2-8-25-18-14(5-3-7-22-18)17(16(20(25)27)21(28)29)23-9-11-24(12-10-23)19(26)15-6-4-13-30-15/h3-7,13H,2,8-12H2,1H3,(H,28,29). The normalized spacial score (nSPS) is 14.3. The highest BCUT2D eigenvalue weighted by atomic mass is 32.1. The Kier molecular flexibility index (Phi) is 5.54.